The van der Waals surface area contributed by atoms with Crippen LogP contribution < -0.4 is 10.2 Å². The molecule has 0 unspecified atom stereocenters. The van der Waals surface area contributed by atoms with E-state index in [4.69, 9.17) is 0 Å². The van der Waals surface area contributed by atoms with E-state index < -0.39 is 0 Å². The summed E-state index contributed by atoms with van der Waals surface area (Å²) in [5.74, 6) is 1.23. The second-order valence-electron chi connectivity index (χ2n) is 5.88. The fourth-order valence-electron chi connectivity index (χ4n) is 2.60. The number of carbonyl (C=O) groups is 1. The normalized spacial score (nSPS) is 15.5. The van der Waals surface area contributed by atoms with Gasteiger partial charge in [0.15, 0.2) is 0 Å². The topological polar surface area (TPSA) is 61.4 Å². The molecule has 6 nitrogen and oxygen atoms in total. The molecule has 1 N–H and O–H groups in total. The summed E-state index contributed by atoms with van der Waals surface area (Å²) in [5.41, 5.74) is 1.68. The Labute approximate surface area is 136 Å². The van der Waals surface area contributed by atoms with Gasteiger partial charge >= 0.3 is 0 Å². The minimum atomic E-state index is -0.156. The largest absolute Gasteiger partial charge is 0.354 e. The first kappa shape index (κ1) is 15.4. The zero-order valence-corrected chi connectivity index (χ0v) is 13.5. The van der Waals surface area contributed by atoms with Crippen LogP contribution in [0.3, 0.4) is 0 Å². The lowest BCUT2D eigenvalue weighted by molar-refractivity contribution is 0.102. The molecule has 23 heavy (non-hydrogen) atoms. The Hall–Kier alpha value is -2.47. The van der Waals surface area contributed by atoms with Crippen molar-refractivity contribution in [2.75, 3.05) is 43.4 Å². The Morgan fingerprint density at radius 3 is 2.65 bits per heavy atom. The van der Waals surface area contributed by atoms with E-state index in [9.17, 15) is 4.79 Å². The van der Waals surface area contributed by atoms with E-state index in [1.54, 1.807) is 6.07 Å². The Morgan fingerprint density at radius 1 is 1.13 bits per heavy atom. The van der Waals surface area contributed by atoms with Crippen LogP contribution in [0.5, 0.6) is 0 Å². The first-order valence-corrected chi connectivity index (χ1v) is 7.75. The summed E-state index contributed by atoms with van der Waals surface area (Å²) in [5, 5.41) is 2.85. The van der Waals surface area contributed by atoms with Crippen LogP contribution in [0.15, 0.2) is 36.7 Å². The highest BCUT2D eigenvalue weighted by Gasteiger charge is 2.16. The summed E-state index contributed by atoms with van der Waals surface area (Å²) in [6.45, 7) is 5.84. The number of aromatic nitrogens is 2. The fourth-order valence-corrected chi connectivity index (χ4v) is 2.60. The average molecular weight is 311 g/mol. The van der Waals surface area contributed by atoms with Gasteiger partial charge in [-0.05, 0) is 26.1 Å². The molecule has 0 atom stereocenters. The molecule has 2 heterocycles. The first-order valence-electron chi connectivity index (χ1n) is 7.75. The van der Waals surface area contributed by atoms with Crippen LogP contribution in [0.2, 0.25) is 0 Å². The van der Waals surface area contributed by atoms with Crippen molar-refractivity contribution in [1.29, 1.82) is 0 Å². The third kappa shape index (κ3) is 3.84. The number of rotatable bonds is 3. The van der Waals surface area contributed by atoms with Gasteiger partial charge in [-0.1, -0.05) is 17.7 Å². The lowest BCUT2D eigenvalue weighted by Crippen LogP contribution is -2.44. The van der Waals surface area contributed by atoms with E-state index in [1.165, 1.54) is 6.33 Å². The van der Waals surface area contributed by atoms with Crippen molar-refractivity contribution in [3.8, 4) is 0 Å². The SMILES string of the molecule is Cc1cccc(C(=O)Nc2cc(N3CCN(C)CC3)ncn2)c1. The summed E-state index contributed by atoms with van der Waals surface area (Å²) in [4.78, 5) is 25.3. The molecule has 1 aliphatic rings. The minimum absolute atomic E-state index is 0.156. The monoisotopic (exact) mass is 311 g/mol. The van der Waals surface area contributed by atoms with E-state index >= 15 is 0 Å². The van der Waals surface area contributed by atoms with Crippen molar-refractivity contribution in [2.45, 2.75) is 6.92 Å². The van der Waals surface area contributed by atoms with Crippen molar-refractivity contribution in [2.24, 2.45) is 0 Å². The maximum Gasteiger partial charge on any atom is 0.256 e. The molecular formula is C17H21N5O. The summed E-state index contributed by atoms with van der Waals surface area (Å²) in [6.07, 6.45) is 1.50. The fraction of sp³-hybridized carbons (Fsp3) is 0.353. The third-order valence-electron chi connectivity index (χ3n) is 4.00. The maximum absolute atomic E-state index is 12.3. The maximum atomic E-state index is 12.3. The number of benzene rings is 1. The zero-order chi connectivity index (χ0) is 16.2. The highest BCUT2D eigenvalue weighted by molar-refractivity contribution is 6.03. The highest BCUT2D eigenvalue weighted by atomic mass is 16.1. The van der Waals surface area contributed by atoms with Gasteiger partial charge < -0.3 is 15.1 Å². The van der Waals surface area contributed by atoms with Gasteiger partial charge in [0.1, 0.15) is 18.0 Å². The van der Waals surface area contributed by atoms with Gasteiger partial charge in [-0.15, -0.1) is 0 Å². The number of nitrogens with one attached hydrogen (secondary N) is 1. The molecule has 1 amide bonds. The summed E-state index contributed by atoms with van der Waals surface area (Å²) in [6, 6.07) is 9.33. The van der Waals surface area contributed by atoms with Gasteiger partial charge in [0.2, 0.25) is 0 Å². The third-order valence-corrected chi connectivity index (χ3v) is 4.00. The molecule has 1 aliphatic heterocycles. The number of hydrogen-bond acceptors (Lipinski definition) is 5. The van der Waals surface area contributed by atoms with Gasteiger partial charge in [0.05, 0.1) is 0 Å². The van der Waals surface area contributed by atoms with Crippen LogP contribution in [-0.2, 0) is 0 Å². The zero-order valence-electron chi connectivity index (χ0n) is 13.5. The molecule has 1 fully saturated rings. The highest BCUT2D eigenvalue weighted by Crippen LogP contribution is 2.16. The van der Waals surface area contributed by atoms with E-state index in [-0.39, 0.29) is 5.91 Å². The lowest BCUT2D eigenvalue weighted by atomic mass is 10.1. The van der Waals surface area contributed by atoms with Crippen molar-refractivity contribution < 1.29 is 4.79 Å². The molecule has 0 aliphatic carbocycles. The lowest BCUT2D eigenvalue weighted by Gasteiger charge is -2.33. The molecule has 3 rings (SSSR count). The number of hydrogen-bond donors (Lipinski definition) is 1. The van der Waals surface area contributed by atoms with Crippen LogP contribution in [0.1, 0.15) is 15.9 Å². The summed E-state index contributed by atoms with van der Waals surface area (Å²) < 4.78 is 0. The minimum Gasteiger partial charge on any atom is -0.354 e. The van der Waals surface area contributed by atoms with Gasteiger partial charge in [0.25, 0.3) is 5.91 Å². The van der Waals surface area contributed by atoms with Crippen molar-refractivity contribution in [3.05, 3.63) is 47.8 Å². The van der Waals surface area contributed by atoms with Gasteiger partial charge in [-0.3, -0.25) is 4.79 Å². The molecule has 1 saturated heterocycles. The van der Waals surface area contributed by atoms with Gasteiger partial charge in [-0.2, -0.15) is 0 Å². The van der Waals surface area contributed by atoms with Gasteiger partial charge in [0, 0.05) is 37.8 Å². The molecular weight excluding hydrogens is 290 g/mol. The van der Waals surface area contributed by atoms with Crippen molar-refractivity contribution >= 4 is 17.5 Å². The van der Waals surface area contributed by atoms with Crippen LogP contribution >= 0.6 is 0 Å². The summed E-state index contributed by atoms with van der Waals surface area (Å²) >= 11 is 0. The molecule has 2 aromatic rings. The van der Waals surface area contributed by atoms with Crippen LogP contribution in [-0.4, -0.2) is 54.0 Å². The molecule has 0 radical (unpaired) electrons. The smallest absolute Gasteiger partial charge is 0.256 e. The molecule has 120 valence electrons. The van der Waals surface area contributed by atoms with E-state index in [0.717, 1.165) is 37.6 Å². The number of anilines is 2. The number of likely N-dealkylation sites (N-methyl/N-ethyl adjacent to an activating group) is 1. The van der Waals surface area contributed by atoms with Crippen LogP contribution in [0.25, 0.3) is 0 Å². The van der Waals surface area contributed by atoms with E-state index in [0.29, 0.717) is 11.4 Å². The standard InChI is InChI=1S/C17H21N5O/c1-13-4-3-5-14(10-13)17(23)20-15-11-16(19-12-18-15)22-8-6-21(2)7-9-22/h3-5,10-12H,6-9H2,1-2H3,(H,18,19,20,23). The molecule has 0 spiro atoms. The quantitative estimate of drug-likeness (QED) is 0.936. The molecule has 1 aromatic carbocycles. The van der Waals surface area contributed by atoms with Crippen molar-refractivity contribution in [1.82, 2.24) is 14.9 Å². The average Bonchev–Trinajstić information content (AvgIpc) is 2.56. The Balaban J connectivity index is 1.71. The second-order valence-corrected chi connectivity index (χ2v) is 5.88. The number of amides is 1. The van der Waals surface area contributed by atoms with E-state index in [1.807, 2.05) is 31.2 Å². The first-order chi connectivity index (χ1) is 11.1. The predicted octanol–water partition coefficient (Wildman–Crippen LogP) is 1.79. The number of piperazine rings is 1. The molecule has 6 heteroatoms. The van der Waals surface area contributed by atoms with Crippen LogP contribution in [0, 0.1) is 6.92 Å². The van der Waals surface area contributed by atoms with E-state index in [2.05, 4.69) is 32.1 Å². The second kappa shape index (κ2) is 6.75. The Kier molecular flexibility index (Phi) is 4.52. The number of aryl methyl sites for hydroxylation is 1. The number of nitrogens with zero attached hydrogens (tertiary/aromatic N) is 4. The molecule has 0 saturated carbocycles. The van der Waals surface area contributed by atoms with Crippen molar-refractivity contribution in [3.63, 3.8) is 0 Å². The Bertz CT molecular complexity index is 695. The summed E-state index contributed by atoms with van der Waals surface area (Å²) in [7, 11) is 2.12. The molecule has 0 bridgehead atoms. The Morgan fingerprint density at radius 2 is 1.91 bits per heavy atom. The number of carbonyl (C=O) groups excluding carboxylic acids is 1. The predicted molar refractivity (Wildman–Crippen MR) is 90.9 cm³/mol. The van der Waals surface area contributed by atoms with Gasteiger partial charge in [-0.25, -0.2) is 9.97 Å². The molecule has 1 aromatic heterocycles. The van der Waals surface area contributed by atoms with Crippen LogP contribution in [0.4, 0.5) is 11.6 Å².